The van der Waals surface area contributed by atoms with E-state index in [4.69, 9.17) is 4.74 Å². The molecule has 0 radical (unpaired) electrons. The maximum absolute atomic E-state index is 15.6. The lowest BCUT2D eigenvalue weighted by Crippen LogP contribution is -2.64. The topological polar surface area (TPSA) is 291 Å². The second-order valence-electron chi connectivity index (χ2n) is 29.3. The first-order chi connectivity index (χ1) is 45.5. The van der Waals surface area contributed by atoms with Crippen molar-refractivity contribution in [3.8, 4) is 0 Å². The van der Waals surface area contributed by atoms with Crippen molar-refractivity contribution in [2.24, 2.45) is 35.5 Å². The summed E-state index contributed by atoms with van der Waals surface area (Å²) in [6.45, 7) is 39.9. The Balaban J connectivity index is 4.66. The molecule has 5 N–H and O–H groups in total. The number of rotatable bonds is 25. The number of carbonyl (C=O) groups excluding carboxylic acids is 11. The van der Waals surface area contributed by atoms with Crippen molar-refractivity contribution < 1.29 is 62.6 Å². The maximum Gasteiger partial charge on any atom is 0.256 e. The van der Waals surface area contributed by atoms with Crippen molar-refractivity contribution in [2.75, 3.05) is 81.3 Å². The van der Waals surface area contributed by atoms with E-state index in [2.05, 4.69) is 32.7 Å². The number of amides is 11. The molecule has 0 unspecified atom stereocenters. The minimum absolute atomic E-state index is 0.0180. The molecule has 11 amide bonds. The molecule has 1 saturated heterocycles. The number of hydrogen-bond acceptors (Lipinski definition) is 15. The molecule has 562 valence electrons. The van der Waals surface area contributed by atoms with E-state index in [1.54, 1.807) is 67.5 Å². The number of aliphatic hydroxyl groups is 1. The molecule has 0 saturated carbocycles. The zero-order chi connectivity index (χ0) is 75.7. The van der Waals surface area contributed by atoms with E-state index < -0.39 is 160 Å². The molecule has 0 aromatic rings. The van der Waals surface area contributed by atoms with Crippen molar-refractivity contribution in [2.45, 2.75) is 254 Å². The highest BCUT2D eigenvalue weighted by atomic mass is 32.2. The van der Waals surface area contributed by atoms with Crippen LogP contribution in [0.5, 0.6) is 0 Å². The lowest BCUT2D eigenvalue weighted by Gasteiger charge is -2.41. The summed E-state index contributed by atoms with van der Waals surface area (Å²) >= 11 is 1.17. The van der Waals surface area contributed by atoms with Crippen molar-refractivity contribution in [3.63, 3.8) is 0 Å². The Morgan fingerprint density at radius 2 is 1.02 bits per heavy atom. The number of hydrogen-bond donors (Lipinski definition) is 5. The largest absolute Gasteiger partial charge is 0.390 e. The number of allylic oxidation sites excluding steroid dienone is 2. The minimum Gasteiger partial charge on any atom is -0.390 e. The minimum atomic E-state index is -1.66. The monoisotopic (exact) mass is 1400 g/mol. The first-order valence-electron chi connectivity index (χ1n) is 35.4. The molecule has 1 heterocycles. The normalized spacial score (nSPS) is 25.8. The predicted molar refractivity (Wildman–Crippen MR) is 388 cm³/mol. The first-order valence-corrected chi connectivity index (χ1v) is 36.5. The van der Waals surface area contributed by atoms with E-state index in [-0.39, 0.29) is 56.5 Å². The fourth-order valence-electron chi connectivity index (χ4n) is 12.2. The number of thioether (sulfide) groups is 1. The number of carbonyl (C=O) groups is 11. The lowest BCUT2D eigenvalue weighted by molar-refractivity contribution is -0.157. The average molecular weight is 1400 g/mol. The molecule has 1 rings (SSSR count). The summed E-state index contributed by atoms with van der Waals surface area (Å²) in [5, 5.41) is 22.3. The number of nitrogens with one attached hydrogen (secondary N) is 4. The molecule has 25 nitrogen and oxygen atoms in total. The zero-order valence-electron chi connectivity index (χ0n) is 64.6. The van der Waals surface area contributed by atoms with Gasteiger partial charge in [-0.2, -0.15) is 0 Å². The first kappa shape index (κ1) is 89.9. The van der Waals surface area contributed by atoms with Gasteiger partial charge in [0.15, 0.2) is 5.37 Å². The molecule has 1 aliphatic rings. The summed E-state index contributed by atoms with van der Waals surface area (Å²) < 4.78 is 6.17. The van der Waals surface area contributed by atoms with Gasteiger partial charge in [-0.1, -0.05) is 115 Å². The second kappa shape index (κ2) is 42.2. The van der Waals surface area contributed by atoms with Crippen molar-refractivity contribution in [3.05, 3.63) is 24.8 Å². The number of ether oxygens (including phenoxy) is 1. The molecule has 98 heavy (non-hydrogen) atoms. The van der Waals surface area contributed by atoms with Gasteiger partial charge in [-0.25, -0.2) is 0 Å². The van der Waals surface area contributed by atoms with Crippen LogP contribution in [0.25, 0.3) is 0 Å². The van der Waals surface area contributed by atoms with Crippen LogP contribution >= 0.6 is 11.8 Å². The molecule has 0 spiro atoms. The van der Waals surface area contributed by atoms with Gasteiger partial charge in [-0.15, -0.1) is 18.3 Å². The summed E-state index contributed by atoms with van der Waals surface area (Å²) in [7, 11) is 10.0. The Kier molecular flexibility index (Phi) is 38.7. The summed E-state index contributed by atoms with van der Waals surface area (Å²) in [5.74, 6) is -9.66. The summed E-state index contributed by atoms with van der Waals surface area (Å²) in [4.78, 5) is 176. The standard InChI is InChI=1S/C72H130N12O13S/c1-28-33-35-48(16)59(85)58-63(89)75-51(30-3)65(91)83(27)71(98-38-34-36-84(31-4)32-5)70(96)80(24)55(42-72(19,20)97-37-29-2)62(88)76-56(46(12)13)68(94)77(21)52(39-43(6)7)61(87)73-49(17)60(86)74-50(18)64(90)78(22)53(40-44(8)9)66(92)79(23)54(41-45(10)11)67(93)81(25)57(47(14)15)69(95)82(58)26/h28-29,33,43-59,71,85H,2,30-32,34-42H2,1,3-27H3,(H,73,87)(H,74,86)(H,75,89)(H,76,88)/b33-28+/t48-,49+,50-,51+,52+,53+,54+,55+,56+,57+,58+,59-,71-/m1/s1. The van der Waals surface area contributed by atoms with Crippen LogP contribution in [0.3, 0.4) is 0 Å². The van der Waals surface area contributed by atoms with Crippen molar-refractivity contribution in [1.29, 1.82) is 0 Å². The molecular weight excluding hydrogens is 1270 g/mol. The molecule has 0 bridgehead atoms. The Labute approximate surface area is 592 Å². The van der Waals surface area contributed by atoms with Crippen LogP contribution in [-0.2, 0) is 57.5 Å². The third-order valence-electron chi connectivity index (χ3n) is 18.6. The Hall–Kier alpha value is -6.12. The van der Waals surface area contributed by atoms with E-state index in [1.165, 1.54) is 104 Å². The van der Waals surface area contributed by atoms with Crippen LogP contribution in [0.4, 0.5) is 0 Å². The van der Waals surface area contributed by atoms with Gasteiger partial charge >= 0.3 is 0 Å². The van der Waals surface area contributed by atoms with Crippen LogP contribution < -0.4 is 21.3 Å². The van der Waals surface area contributed by atoms with E-state index in [1.807, 2.05) is 68.4 Å². The second-order valence-corrected chi connectivity index (χ2v) is 30.5. The highest BCUT2D eigenvalue weighted by Gasteiger charge is 2.47. The summed E-state index contributed by atoms with van der Waals surface area (Å²) in [6, 6.07) is -12.9. The quantitative estimate of drug-likeness (QED) is 0.0566. The average Bonchev–Trinajstić information content (AvgIpc) is 0.812. The van der Waals surface area contributed by atoms with Gasteiger partial charge in [-0.05, 0) is 134 Å². The Bertz CT molecular complexity index is 2670. The van der Waals surface area contributed by atoms with Crippen LogP contribution in [0, 0.1) is 35.5 Å². The van der Waals surface area contributed by atoms with E-state index in [9.17, 15) is 19.5 Å². The molecule has 1 aliphatic heterocycles. The Morgan fingerprint density at radius 1 is 0.551 bits per heavy atom. The molecule has 0 aliphatic carbocycles. The smallest absolute Gasteiger partial charge is 0.256 e. The molecule has 0 aromatic heterocycles. The van der Waals surface area contributed by atoms with Gasteiger partial charge in [0.2, 0.25) is 59.1 Å². The number of likely N-dealkylation sites (N-methyl/N-ethyl adjacent to an activating group) is 7. The van der Waals surface area contributed by atoms with Gasteiger partial charge in [0.1, 0.15) is 60.4 Å². The third kappa shape index (κ3) is 26.1. The van der Waals surface area contributed by atoms with E-state index >= 15 is 38.4 Å². The van der Waals surface area contributed by atoms with Gasteiger partial charge in [0, 0.05) is 55.8 Å². The number of aliphatic hydroxyl groups excluding tert-OH is 1. The van der Waals surface area contributed by atoms with Crippen molar-refractivity contribution in [1.82, 2.24) is 60.5 Å². The zero-order valence-corrected chi connectivity index (χ0v) is 65.5. The Morgan fingerprint density at radius 3 is 1.50 bits per heavy atom. The van der Waals surface area contributed by atoms with Gasteiger partial charge in [0.05, 0.1) is 18.3 Å². The molecular formula is C72H130N12O13S. The highest BCUT2D eigenvalue weighted by molar-refractivity contribution is 8.00. The van der Waals surface area contributed by atoms with E-state index in [0.29, 0.717) is 25.1 Å². The van der Waals surface area contributed by atoms with Crippen LogP contribution in [0.2, 0.25) is 0 Å². The molecule has 0 aromatic carbocycles. The molecule has 13 atom stereocenters. The fourth-order valence-corrected chi connectivity index (χ4v) is 13.4. The van der Waals surface area contributed by atoms with E-state index in [0.717, 1.165) is 18.0 Å². The lowest BCUT2D eigenvalue weighted by atomic mass is 9.91. The van der Waals surface area contributed by atoms with Gasteiger partial charge in [-0.3, -0.25) is 52.7 Å². The molecule has 26 heteroatoms. The van der Waals surface area contributed by atoms with Crippen LogP contribution in [0.15, 0.2) is 24.8 Å². The van der Waals surface area contributed by atoms with Gasteiger partial charge < -0.3 is 70.3 Å². The predicted octanol–water partition coefficient (Wildman–Crippen LogP) is 5.39. The summed E-state index contributed by atoms with van der Waals surface area (Å²) in [5.41, 5.74) is -1.11. The fraction of sp³-hybridized carbons (Fsp3) is 0.792. The summed E-state index contributed by atoms with van der Waals surface area (Å²) in [6.07, 6.45) is 4.77. The van der Waals surface area contributed by atoms with Crippen LogP contribution in [-0.4, -0.2) is 268 Å². The maximum atomic E-state index is 15.6. The third-order valence-corrected chi connectivity index (χ3v) is 19.9. The SMILES string of the molecule is C=CCOC(C)(C)C[C@H]1C(=O)N[C@@H](C(C)C)C(=O)N(C)[C@@H](CC(C)C)C(=O)N[C@@H](C)C(=O)N[C@H](C)C(=O)N(C)[C@@H](CC(C)C)C(=O)N(C)[C@@H](CC(C)C)C(=O)N(C)[C@@H](C(C)C)C(=O)N(C)[C@@H]([C@H](O)[C@H](C)C/C=C/C)C(=O)N[C@@H](CC)C(=O)N(C)[C@H](SCCCN(CC)CC)C(=O)N1C. The van der Waals surface area contributed by atoms with Crippen molar-refractivity contribution >= 4 is 76.7 Å². The number of nitrogens with zero attached hydrogens (tertiary/aromatic N) is 8. The van der Waals surface area contributed by atoms with Gasteiger partial charge in [0.25, 0.3) is 5.91 Å². The highest BCUT2D eigenvalue weighted by Crippen LogP contribution is 2.29. The van der Waals surface area contributed by atoms with Crippen LogP contribution in [0.1, 0.15) is 176 Å². The molecule has 1 fully saturated rings.